The van der Waals surface area contributed by atoms with Crippen LogP contribution in [-0.4, -0.2) is 32.2 Å². The molecule has 10 heteroatoms. The first-order valence-corrected chi connectivity index (χ1v) is 7.88. The number of ether oxygens (including phenoxy) is 1. The van der Waals surface area contributed by atoms with E-state index in [0.717, 1.165) is 0 Å². The topological polar surface area (TPSA) is 111 Å². The molecule has 0 saturated heterocycles. The van der Waals surface area contributed by atoms with Gasteiger partial charge in [-0.15, -0.1) is 5.10 Å². The molecule has 3 rings (SSSR count). The summed E-state index contributed by atoms with van der Waals surface area (Å²) in [4.78, 5) is 23.3. The molecule has 0 aliphatic carbocycles. The highest BCUT2D eigenvalue weighted by Crippen LogP contribution is 2.23. The molecule has 0 spiro atoms. The normalized spacial score (nSPS) is 10.3. The van der Waals surface area contributed by atoms with Gasteiger partial charge in [-0.2, -0.15) is 4.68 Å². The lowest BCUT2D eigenvalue weighted by Gasteiger charge is -2.11. The number of rotatable bonds is 5. The van der Waals surface area contributed by atoms with Gasteiger partial charge in [0, 0.05) is 6.92 Å². The standard InChI is InChI=1S/C17H15FN6O3/c1-11(25)27-15-8-3-2-7-14(15)20-17(26)19-10-16-21-22-23-24(16)13-6-4-5-12(18)9-13/h2-9H,10H2,1H3,(H2,19,20,26). The van der Waals surface area contributed by atoms with Crippen LogP contribution in [-0.2, 0) is 11.3 Å². The van der Waals surface area contributed by atoms with Crippen LogP contribution in [0.4, 0.5) is 14.9 Å². The van der Waals surface area contributed by atoms with E-state index < -0.39 is 17.8 Å². The summed E-state index contributed by atoms with van der Waals surface area (Å²) >= 11 is 0. The number of urea groups is 1. The minimum atomic E-state index is -0.552. The van der Waals surface area contributed by atoms with Crippen LogP contribution >= 0.6 is 0 Å². The van der Waals surface area contributed by atoms with Gasteiger partial charge in [0.25, 0.3) is 0 Å². The molecule has 27 heavy (non-hydrogen) atoms. The van der Waals surface area contributed by atoms with Crippen LogP contribution in [0.2, 0.25) is 0 Å². The molecule has 0 fully saturated rings. The quantitative estimate of drug-likeness (QED) is 0.525. The van der Waals surface area contributed by atoms with E-state index in [1.807, 2.05) is 0 Å². The SMILES string of the molecule is CC(=O)Oc1ccccc1NC(=O)NCc1nnnn1-c1cccc(F)c1. The Morgan fingerprint density at radius 1 is 1.19 bits per heavy atom. The zero-order chi connectivity index (χ0) is 19.2. The molecule has 3 aromatic rings. The van der Waals surface area contributed by atoms with Crippen LogP contribution in [0.3, 0.4) is 0 Å². The van der Waals surface area contributed by atoms with Gasteiger partial charge in [-0.1, -0.05) is 18.2 Å². The van der Waals surface area contributed by atoms with Gasteiger partial charge < -0.3 is 15.4 Å². The molecule has 1 aromatic heterocycles. The minimum absolute atomic E-state index is 0.00885. The third-order valence-electron chi connectivity index (χ3n) is 3.38. The number of tetrazole rings is 1. The van der Waals surface area contributed by atoms with E-state index in [9.17, 15) is 14.0 Å². The largest absolute Gasteiger partial charge is 0.424 e. The highest BCUT2D eigenvalue weighted by molar-refractivity contribution is 5.91. The van der Waals surface area contributed by atoms with E-state index >= 15 is 0 Å². The number of nitrogens with zero attached hydrogens (tertiary/aromatic N) is 4. The van der Waals surface area contributed by atoms with Crippen molar-refractivity contribution in [2.75, 3.05) is 5.32 Å². The van der Waals surface area contributed by atoms with Crippen molar-refractivity contribution in [3.8, 4) is 11.4 Å². The van der Waals surface area contributed by atoms with Crippen molar-refractivity contribution in [1.82, 2.24) is 25.5 Å². The lowest BCUT2D eigenvalue weighted by Crippen LogP contribution is -2.29. The number of hydrogen-bond acceptors (Lipinski definition) is 6. The number of hydrogen-bond donors (Lipinski definition) is 2. The molecule has 0 aliphatic rings. The molecule has 0 bridgehead atoms. The fourth-order valence-corrected chi connectivity index (χ4v) is 2.26. The van der Waals surface area contributed by atoms with E-state index in [1.165, 1.54) is 29.8 Å². The summed E-state index contributed by atoms with van der Waals surface area (Å²) < 4.78 is 19.7. The summed E-state index contributed by atoms with van der Waals surface area (Å²) in [6.07, 6.45) is 0. The average Bonchev–Trinajstić information content (AvgIpc) is 3.10. The van der Waals surface area contributed by atoms with Crippen molar-refractivity contribution < 1.29 is 18.7 Å². The highest BCUT2D eigenvalue weighted by Gasteiger charge is 2.12. The van der Waals surface area contributed by atoms with Crippen LogP contribution < -0.4 is 15.4 Å². The first kappa shape index (κ1) is 18.0. The number of carbonyl (C=O) groups is 2. The number of amides is 2. The first-order chi connectivity index (χ1) is 13.0. The van der Waals surface area contributed by atoms with Crippen molar-refractivity contribution in [2.24, 2.45) is 0 Å². The van der Waals surface area contributed by atoms with Gasteiger partial charge in [-0.25, -0.2) is 9.18 Å². The molecule has 138 valence electrons. The van der Waals surface area contributed by atoms with Crippen LogP contribution in [0.5, 0.6) is 5.75 Å². The number of halogens is 1. The zero-order valence-corrected chi connectivity index (χ0v) is 14.2. The van der Waals surface area contributed by atoms with Crippen LogP contribution in [0.1, 0.15) is 12.7 Å². The second-order valence-electron chi connectivity index (χ2n) is 5.38. The number of anilines is 1. The van der Waals surface area contributed by atoms with Crippen molar-refractivity contribution in [1.29, 1.82) is 0 Å². The van der Waals surface area contributed by atoms with Crippen LogP contribution in [0.25, 0.3) is 5.69 Å². The monoisotopic (exact) mass is 370 g/mol. The average molecular weight is 370 g/mol. The number of esters is 1. The molecule has 1 heterocycles. The molecule has 2 amide bonds. The molecule has 0 radical (unpaired) electrons. The number of carbonyl (C=O) groups excluding carboxylic acids is 2. The second kappa shape index (κ2) is 8.04. The fourth-order valence-electron chi connectivity index (χ4n) is 2.26. The van der Waals surface area contributed by atoms with Gasteiger partial charge in [-0.3, -0.25) is 4.79 Å². The Bertz CT molecular complexity index is 975. The Hall–Kier alpha value is -3.82. The van der Waals surface area contributed by atoms with Gasteiger partial charge >= 0.3 is 12.0 Å². The molecule has 0 atom stereocenters. The predicted octanol–water partition coefficient (Wildman–Crippen LogP) is 2.05. The summed E-state index contributed by atoms with van der Waals surface area (Å²) in [6.45, 7) is 1.26. The Morgan fingerprint density at radius 2 is 2.00 bits per heavy atom. The third-order valence-corrected chi connectivity index (χ3v) is 3.38. The van der Waals surface area contributed by atoms with E-state index in [4.69, 9.17) is 4.74 Å². The molecule has 0 aliphatic heterocycles. The Kier molecular flexibility index (Phi) is 5.36. The lowest BCUT2D eigenvalue weighted by atomic mass is 10.3. The van der Waals surface area contributed by atoms with Gasteiger partial charge in [0.2, 0.25) is 0 Å². The van der Waals surface area contributed by atoms with E-state index in [-0.39, 0.29) is 12.3 Å². The van der Waals surface area contributed by atoms with E-state index in [0.29, 0.717) is 17.2 Å². The molecule has 2 aromatic carbocycles. The highest BCUT2D eigenvalue weighted by atomic mass is 19.1. The maximum absolute atomic E-state index is 13.4. The molecule has 9 nitrogen and oxygen atoms in total. The molecule has 0 unspecified atom stereocenters. The van der Waals surface area contributed by atoms with Gasteiger partial charge in [0.1, 0.15) is 5.82 Å². The summed E-state index contributed by atoms with van der Waals surface area (Å²) in [5.74, 6) is -0.394. The van der Waals surface area contributed by atoms with E-state index in [1.54, 1.807) is 30.3 Å². The first-order valence-electron chi connectivity index (χ1n) is 7.88. The van der Waals surface area contributed by atoms with Crippen molar-refractivity contribution in [3.63, 3.8) is 0 Å². The third kappa shape index (κ3) is 4.63. The van der Waals surface area contributed by atoms with E-state index in [2.05, 4.69) is 26.2 Å². The number of para-hydroxylation sites is 2. The zero-order valence-electron chi connectivity index (χ0n) is 14.2. The second-order valence-corrected chi connectivity index (χ2v) is 5.38. The lowest BCUT2D eigenvalue weighted by molar-refractivity contribution is -0.131. The molecular weight excluding hydrogens is 355 g/mol. The molecule has 0 saturated carbocycles. The minimum Gasteiger partial charge on any atom is -0.424 e. The van der Waals surface area contributed by atoms with Gasteiger partial charge in [0.15, 0.2) is 11.6 Å². The molecular formula is C17H15FN6O3. The predicted molar refractivity (Wildman–Crippen MR) is 92.7 cm³/mol. The fraction of sp³-hybridized carbons (Fsp3) is 0.118. The van der Waals surface area contributed by atoms with Crippen molar-refractivity contribution >= 4 is 17.7 Å². The number of aromatic nitrogens is 4. The smallest absolute Gasteiger partial charge is 0.319 e. The summed E-state index contributed by atoms with van der Waals surface area (Å²) in [6, 6.07) is 11.7. The Labute approximate surface area is 153 Å². The summed E-state index contributed by atoms with van der Waals surface area (Å²) in [5, 5.41) is 16.3. The maximum atomic E-state index is 13.4. The summed E-state index contributed by atoms with van der Waals surface area (Å²) in [7, 11) is 0. The van der Waals surface area contributed by atoms with Crippen LogP contribution in [0.15, 0.2) is 48.5 Å². The number of nitrogens with one attached hydrogen (secondary N) is 2. The Morgan fingerprint density at radius 3 is 2.78 bits per heavy atom. The van der Waals surface area contributed by atoms with Crippen LogP contribution in [0, 0.1) is 5.82 Å². The van der Waals surface area contributed by atoms with Gasteiger partial charge in [0.05, 0.1) is 17.9 Å². The Balaban J connectivity index is 1.66. The molecule has 2 N–H and O–H groups in total. The van der Waals surface area contributed by atoms with Gasteiger partial charge in [-0.05, 0) is 40.8 Å². The van der Waals surface area contributed by atoms with Crippen molar-refractivity contribution in [2.45, 2.75) is 13.5 Å². The summed E-state index contributed by atoms with van der Waals surface area (Å²) in [5.41, 5.74) is 0.757. The number of benzene rings is 2. The van der Waals surface area contributed by atoms with Crippen molar-refractivity contribution in [3.05, 3.63) is 60.2 Å². The maximum Gasteiger partial charge on any atom is 0.319 e.